The van der Waals surface area contributed by atoms with Gasteiger partial charge in [0.1, 0.15) is 11.3 Å². The number of thiophene rings is 1. The molecule has 0 aliphatic carbocycles. The Hall–Kier alpha value is -2.94. The lowest BCUT2D eigenvalue weighted by Gasteiger charge is -2.10. The highest BCUT2D eigenvalue weighted by Gasteiger charge is 2.21. The molecule has 0 unspecified atom stereocenters. The van der Waals surface area contributed by atoms with Crippen LogP contribution in [-0.4, -0.2) is 46.9 Å². The van der Waals surface area contributed by atoms with Crippen molar-refractivity contribution in [2.75, 3.05) is 20.8 Å². The predicted octanol–water partition coefficient (Wildman–Crippen LogP) is 2.33. The Morgan fingerprint density at radius 2 is 2.00 bits per heavy atom. The van der Waals surface area contributed by atoms with Gasteiger partial charge in [-0.25, -0.2) is 0 Å². The molecule has 0 fully saturated rings. The number of aromatic nitrogens is 4. The number of aryl methyl sites for hydroxylation is 1. The number of hydrogen-bond donors (Lipinski definition) is 1. The summed E-state index contributed by atoms with van der Waals surface area (Å²) in [5, 5.41) is 14.9. The minimum Gasteiger partial charge on any atom is -0.493 e. The normalized spacial score (nSPS) is 10.7. The van der Waals surface area contributed by atoms with Gasteiger partial charge in [-0.1, -0.05) is 6.07 Å². The van der Waals surface area contributed by atoms with Crippen LogP contribution < -0.4 is 14.8 Å². The van der Waals surface area contributed by atoms with Crippen LogP contribution in [0.25, 0.3) is 5.00 Å². The topological polar surface area (TPSA) is 91.2 Å². The second-order valence-electron chi connectivity index (χ2n) is 5.91. The fourth-order valence-electron chi connectivity index (χ4n) is 2.74. The van der Waals surface area contributed by atoms with E-state index in [9.17, 15) is 4.79 Å². The highest BCUT2D eigenvalue weighted by Crippen LogP contribution is 2.30. The second-order valence-corrected chi connectivity index (χ2v) is 7.12. The summed E-state index contributed by atoms with van der Waals surface area (Å²) < 4.78 is 12.1. The summed E-state index contributed by atoms with van der Waals surface area (Å²) in [5.41, 5.74) is 2.60. The highest BCUT2D eigenvalue weighted by molar-refractivity contribution is 7.15. The first-order valence-electron chi connectivity index (χ1n) is 8.37. The fraction of sp³-hybridized carbons (Fsp3) is 0.333. The van der Waals surface area contributed by atoms with Gasteiger partial charge in [-0.2, -0.15) is 4.68 Å². The van der Waals surface area contributed by atoms with Crippen molar-refractivity contribution in [3.05, 3.63) is 46.1 Å². The molecule has 142 valence electrons. The van der Waals surface area contributed by atoms with Crippen LogP contribution in [0.5, 0.6) is 11.5 Å². The van der Waals surface area contributed by atoms with Gasteiger partial charge in [0.05, 0.1) is 19.8 Å². The molecule has 0 atom stereocenters. The first-order valence-corrected chi connectivity index (χ1v) is 9.19. The number of carbonyl (C=O) groups excluding carboxylic acids is 1. The number of tetrazole rings is 1. The maximum absolute atomic E-state index is 12.8. The van der Waals surface area contributed by atoms with Crippen molar-refractivity contribution in [3.63, 3.8) is 0 Å². The van der Waals surface area contributed by atoms with Crippen molar-refractivity contribution in [2.45, 2.75) is 20.3 Å². The zero-order valence-corrected chi connectivity index (χ0v) is 16.5. The van der Waals surface area contributed by atoms with Gasteiger partial charge in [-0.3, -0.25) is 4.79 Å². The van der Waals surface area contributed by atoms with E-state index in [1.807, 2.05) is 32.0 Å². The third-order valence-electron chi connectivity index (χ3n) is 4.30. The summed E-state index contributed by atoms with van der Waals surface area (Å²) in [5.74, 6) is 1.22. The first kappa shape index (κ1) is 18.8. The number of ether oxygens (including phenoxy) is 2. The van der Waals surface area contributed by atoms with Gasteiger partial charge in [0.15, 0.2) is 11.5 Å². The van der Waals surface area contributed by atoms with E-state index >= 15 is 0 Å². The molecular formula is C18H21N5O3S. The van der Waals surface area contributed by atoms with Crippen LogP contribution in [0, 0.1) is 13.8 Å². The Morgan fingerprint density at radius 3 is 2.67 bits per heavy atom. The van der Waals surface area contributed by atoms with E-state index in [2.05, 4.69) is 20.8 Å². The molecule has 0 bridgehead atoms. The average molecular weight is 387 g/mol. The predicted molar refractivity (Wildman–Crippen MR) is 102 cm³/mol. The highest BCUT2D eigenvalue weighted by atomic mass is 32.1. The Kier molecular flexibility index (Phi) is 5.70. The van der Waals surface area contributed by atoms with Crippen molar-refractivity contribution < 1.29 is 14.3 Å². The molecule has 0 aliphatic rings. The lowest BCUT2D eigenvalue weighted by molar-refractivity contribution is 0.0954. The third-order valence-corrected chi connectivity index (χ3v) is 5.49. The van der Waals surface area contributed by atoms with Crippen LogP contribution in [0.15, 0.2) is 24.5 Å². The molecule has 2 aromatic heterocycles. The SMILES string of the molecule is COc1ccc(CCNC(=O)c2c(-n3cnnn3)sc(C)c2C)cc1OC. The molecule has 3 aromatic rings. The van der Waals surface area contributed by atoms with E-state index in [-0.39, 0.29) is 5.91 Å². The first-order chi connectivity index (χ1) is 13.0. The van der Waals surface area contributed by atoms with Crippen LogP contribution in [0.1, 0.15) is 26.4 Å². The van der Waals surface area contributed by atoms with E-state index in [1.54, 1.807) is 14.2 Å². The third kappa shape index (κ3) is 3.92. The Balaban J connectivity index is 1.70. The smallest absolute Gasteiger partial charge is 0.254 e. The summed E-state index contributed by atoms with van der Waals surface area (Å²) in [6.45, 7) is 4.41. The van der Waals surface area contributed by atoms with E-state index < -0.39 is 0 Å². The molecule has 0 aliphatic heterocycles. The Morgan fingerprint density at radius 1 is 1.22 bits per heavy atom. The number of amides is 1. The molecule has 27 heavy (non-hydrogen) atoms. The van der Waals surface area contributed by atoms with Crippen LogP contribution in [0.4, 0.5) is 0 Å². The van der Waals surface area contributed by atoms with Gasteiger partial charge < -0.3 is 14.8 Å². The average Bonchev–Trinajstić information content (AvgIpc) is 3.30. The van der Waals surface area contributed by atoms with Crippen molar-refractivity contribution in [2.24, 2.45) is 0 Å². The Labute approximate surface area is 161 Å². The largest absolute Gasteiger partial charge is 0.493 e. The van der Waals surface area contributed by atoms with Gasteiger partial charge in [-0.15, -0.1) is 16.4 Å². The van der Waals surface area contributed by atoms with Gasteiger partial charge in [-0.05, 0) is 54.0 Å². The van der Waals surface area contributed by atoms with Crippen molar-refractivity contribution in [1.29, 1.82) is 0 Å². The lowest BCUT2D eigenvalue weighted by atomic mass is 10.1. The number of nitrogens with zero attached hydrogens (tertiary/aromatic N) is 4. The number of methoxy groups -OCH3 is 2. The van der Waals surface area contributed by atoms with E-state index in [0.29, 0.717) is 30.0 Å². The van der Waals surface area contributed by atoms with Crippen molar-refractivity contribution >= 4 is 17.2 Å². The molecule has 1 amide bonds. The molecule has 0 radical (unpaired) electrons. The van der Waals surface area contributed by atoms with E-state index in [4.69, 9.17) is 9.47 Å². The maximum Gasteiger partial charge on any atom is 0.254 e. The van der Waals surface area contributed by atoms with E-state index in [0.717, 1.165) is 21.0 Å². The number of carbonyl (C=O) groups is 1. The van der Waals surface area contributed by atoms with Gasteiger partial charge in [0, 0.05) is 11.4 Å². The molecular weight excluding hydrogens is 366 g/mol. The monoisotopic (exact) mass is 387 g/mol. The van der Waals surface area contributed by atoms with Crippen LogP contribution >= 0.6 is 11.3 Å². The van der Waals surface area contributed by atoms with Gasteiger partial charge in [0.2, 0.25) is 0 Å². The van der Waals surface area contributed by atoms with Crippen LogP contribution in [0.3, 0.4) is 0 Å². The van der Waals surface area contributed by atoms with Crippen molar-refractivity contribution in [3.8, 4) is 16.5 Å². The maximum atomic E-state index is 12.8. The molecule has 8 nitrogen and oxygen atoms in total. The standard InChI is InChI=1S/C18H21N5O3S/c1-11-12(2)27-18(23-10-20-21-22-23)16(11)17(24)19-8-7-13-5-6-14(25-3)15(9-13)26-4/h5-6,9-10H,7-8H2,1-4H3,(H,19,24). The second kappa shape index (κ2) is 8.17. The molecule has 0 spiro atoms. The summed E-state index contributed by atoms with van der Waals surface area (Å²) >= 11 is 1.50. The number of benzene rings is 1. The molecule has 1 N–H and O–H groups in total. The van der Waals surface area contributed by atoms with Gasteiger partial charge >= 0.3 is 0 Å². The molecule has 9 heteroatoms. The minimum atomic E-state index is -0.136. The Bertz CT molecular complexity index is 937. The van der Waals surface area contributed by atoms with Crippen LogP contribution in [0.2, 0.25) is 0 Å². The number of hydrogen-bond acceptors (Lipinski definition) is 7. The molecule has 1 aromatic carbocycles. The number of nitrogens with one attached hydrogen (secondary N) is 1. The molecule has 2 heterocycles. The summed E-state index contributed by atoms with van der Waals surface area (Å²) in [6, 6.07) is 5.73. The molecule has 3 rings (SSSR count). The van der Waals surface area contributed by atoms with Crippen molar-refractivity contribution in [1.82, 2.24) is 25.5 Å². The van der Waals surface area contributed by atoms with Crippen LogP contribution in [-0.2, 0) is 6.42 Å². The zero-order valence-electron chi connectivity index (χ0n) is 15.6. The summed E-state index contributed by atoms with van der Waals surface area (Å²) in [7, 11) is 3.21. The fourth-order valence-corrected chi connectivity index (χ4v) is 3.81. The summed E-state index contributed by atoms with van der Waals surface area (Å²) in [4.78, 5) is 13.8. The quantitative estimate of drug-likeness (QED) is 0.669. The molecule has 0 saturated heterocycles. The number of rotatable bonds is 7. The lowest BCUT2D eigenvalue weighted by Crippen LogP contribution is -2.27. The summed E-state index contributed by atoms with van der Waals surface area (Å²) in [6.07, 6.45) is 2.17. The molecule has 0 saturated carbocycles. The van der Waals surface area contributed by atoms with E-state index in [1.165, 1.54) is 22.3 Å². The van der Waals surface area contributed by atoms with Gasteiger partial charge in [0.25, 0.3) is 5.91 Å². The minimum absolute atomic E-state index is 0.136. The zero-order chi connectivity index (χ0) is 19.4.